The molecule has 0 saturated carbocycles. The van der Waals surface area contributed by atoms with Gasteiger partial charge in [0.05, 0.1) is 18.4 Å². The van der Waals surface area contributed by atoms with Gasteiger partial charge in [0.15, 0.2) is 5.69 Å². The maximum absolute atomic E-state index is 12.9. The van der Waals surface area contributed by atoms with Crippen molar-refractivity contribution in [3.05, 3.63) is 47.3 Å². The first kappa shape index (κ1) is 21.1. The second-order valence-electron chi connectivity index (χ2n) is 5.53. The third kappa shape index (κ3) is 3.13. The van der Waals surface area contributed by atoms with Crippen LogP contribution >= 0.6 is 0 Å². The first-order chi connectivity index (χ1) is 12.8. The minimum absolute atomic E-state index is 0.0935. The van der Waals surface area contributed by atoms with Crippen molar-refractivity contribution in [3.8, 4) is 11.8 Å². The molecule has 150 valence electrons. The highest BCUT2D eigenvalue weighted by Gasteiger charge is 2.71. The number of rotatable bonds is 3. The van der Waals surface area contributed by atoms with Crippen LogP contribution < -0.4 is 5.73 Å². The van der Waals surface area contributed by atoms with Crippen LogP contribution in [0.1, 0.15) is 21.6 Å². The predicted molar refractivity (Wildman–Crippen MR) is 82.2 cm³/mol. The number of nitrogens with zero attached hydrogens (tertiary/aromatic N) is 2. The molecule has 1 aromatic heterocycles. The maximum atomic E-state index is 12.9. The highest BCUT2D eigenvalue weighted by molar-refractivity contribution is 5.95. The summed E-state index contributed by atoms with van der Waals surface area (Å²) < 4.78 is 83.1. The van der Waals surface area contributed by atoms with E-state index >= 15 is 0 Å². The quantitative estimate of drug-likeness (QED) is 0.602. The van der Waals surface area contributed by atoms with E-state index in [1.807, 2.05) is 0 Å². The van der Waals surface area contributed by atoms with Crippen LogP contribution in [0.25, 0.3) is 5.69 Å². The van der Waals surface area contributed by atoms with E-state index in [4.69, 9.17) is 11.0 Å². The summed E-state index contributed by atoms with van der Waals surface area (Å²) in [6.45, 7) is 0. The molecule has 0 saturated heterocycles. The molecule has 0 spiro atoms. The molecule has 0 bridgehead atoms. The van der Waals surface area contributed by atoms with Gasteiger partial charge in [0.2, 0.25) is 0 Å². The number of carbonyl (C=O) groups excluding carboxylic acids is 1. The maximum Gasteiger partial charge on any atom is 0.430 e. The molecule has 0 aliphatic carbocycles. The molecule has 0 amide bonds. The van der Waals surface area contributed by atoms with Gasteiger partial charge in [-0.25, -0.2) is 4.79 Å². The fourth-order valence-electron chi connectivity index (χ4n) is 2.47. The van der Waals surface area contributed by atoms with Gasteiger partial charge < -0.3 is 20.1 Å². The van der Waals surface area contributed by atoms with E-state index in [1.165, 1.54) is 0 Å². The van der Waals surface area contributed by atoms with Gasteiger partial charge in [-0.3, -0.25) is 0 Å². The Morgan fingerprint density at radius 2 is 1.64 bits per heavy atom. The standard InChI is InChI=1S/C16H11F6N3O3/c1-28-13(26)12-11(24)8(6-23)7-25(12)10-4-2-9(3-5-10)14(27,15(17,18)19)16(20,21)22/h2-5,7,27H,24H2,1H3. The van der Waals surface area contributed by atoms with Crippen molar-refractivity contribution in [1.29, 1.82) is 5.26 Å². The summed E-state index contributed by atoms with van der Waals surface area (Å²) in [6.07, 6.45) is -11.0. The molecule has 0 radical (unpaired) electrons. The summed E-state index contributed by atoms with van der Waals surface area (Å²) in [5.41, 5.74) is -1.77. The van der Waals surface area contributed by atoms with Crippen LogP contribution in [0.4, 0.5) is 32.0 Å². The Bertz CT molecular complexity index is 925. The zero-order valence-corrected chi connectivity index (χ0v) is 13.9. The van der Waals surface area contributed by atoms with Gasteiger partial charge in [0.1, 0.15) is 6.07 Å². The molecule has 2 rings (SSSR count). The Morgan fingerprint density at radius 3 is 2.04 bits per heavy atom. The number of nitrogen functional groups attached to an aromatic ring is 1. The van der Waals surface area contributed by atoms with E-state index in [2.05, 4.69) is 4.74 Å². The monoisotopic (exact) mass is 407 g/mol. The Labute approximate surface area is 153 Å². The predicted octanol–water partition coefficient (Wildman–Crippen LogP) is 3.03. The van der Waals surface area contributed by atoms with E-state index in [9.17, 15) is 36.2 Å². The van der Waals surface area contributed by atoms with Gasteiger partial charge in [-0.15, -0.1) is 0 Å². The molecule has 2 aromatic rings. The van der Waals surface area contributed by atoms with Crippen molar-refractivity contribution < 1.29 is 41.0 Å². The Kier molecular flexibility index (Phi) is 5.09. The van der Waals surface area contributed by atoms with Crippen LogP contribution in [0.2, 0.25) is 0 Å². The highest BCUT2D eigenvalue weighted by atomic mass is 19.4. The lowest BCUT2D eigenvalue weighted by Gasteiger charge is -2.32. The third-order valence-electron chi connectivity index (χ3n) is 3.93. The average Bonchev–Trinajstić information content (AvgIpc) is 2.95. The van der Waals surface area contributed by atoms with Crippen molar-refractivity contribution in [2.24, 2.45) is 0 Å². The molecule has 0 atom stereocenters. The van der Waals surface area contributed by atoms with Crippen molar-refractivity contribution >= 4 is 11.7 Å². The molecule has 0 aliphatic heterocycles. The molecule has 0 aliphatic rings. The number of carbonyl (C=O) groups is 1. The lowest BCUT2D eigenvalue weighted by molar-refractivity contribution is -0.376. The van der Waals surface area contributed by atoms with E-state index < -0.39 is 29.5 Å². The number of benzene rings is 1. The van der Waals surface area contributed by atoms with Gasteiger partial charge in [-0.1, -0.05) is 12.1 Å². The average molecular weight is 407 g/mol. The second-order valence-corrected chi connectivity index (χ2v) is 5.53. The number of methoxy groups -OCH3 is 1. The molecule has 1 heterocycles. The summed E-state index contributed by atoms with van der Waals surface area (Å²) in [5, 5.41) is 18.4. The molecule has 28 heavy (non-hydrogen) atoms. The number of ether oxygens (including phenoxy) is 1. The Morgan fingerprint density at radius 1 is 1.14 bits per heavy atom. The van der Waals surface area contributed by atoms with Crippen LogP contribution in [0.3, 0.4) is 0 Å². The number of aliphatic hydroxyl groups is 1. The second kappa shape index (κ2) is 6.75. The summed E-state index contributed by atoms with van der Waals surface area (Å²) in [4.78, 5) is 11.9. The lowest BCUT2D eigenvalue weighted by Crippen LogP contribution is -2.53. The minimum atomic E-state index is -6.03. The normalized spacial score (nSPS) is 12.5. The van der Waals surface area contributed by atoms with Gasteiger partial charge in [0, 0.05) is 17.4 Å². The first-order valence-electron chi connectivity index (χ1n) is 7.25. The number of halogens is 6. The Hall–Kier alpha value is -3.20. The Balaban J connectivity index is 2.63. The number of nitriles is 1. The van der Waals surface area contributed by atoms with E-state index in [-0.39, 0.29) is 22.6 Å². The number of alkyl halides is 6. The van der Waals surface area contributed by atoms with Crippen LogP contribution in [0, 0.1) is 11.3 Å². The minimum Gasteiger partial charge on any atom is -0.464 e. The summed E-state index contributed by atoms with van der Waals surface area (Å²) in [6, 6.07) is 4.09. The van der Waals surface area contributed by atoms with Crippen molar-refractivity contribution in [1.82, 2.24) is 4.57 Å². The zero-order valence-electron chi connectivity index (χ0n) is 13.9. The highest BCUT2D eigenvalue weighted by Crippen LogP contribution is 2.50. The largest absolute Gasteiger partial charge is 0.464 e. The molecular weight excluding hydrogens is 396 g/mol. The number of nitrogens with two attached hydrogens (primary N) is 1. The lowest BCUT2D eigenvalue weighted by atomic mass is 9.92. The fraction of sp³-hybridized carbons (Fsp3) is 0.250. The molecular formula is C16H11F6N3O3. The van der Waals surface area contributed by atoms with Crippen molar-refractivity contribution in [2.75, 3.05) is 12.8 Å². The number of anilines is 1. The van der Waals surface area contributed by atoms with Gasteiger partial charge >= 0.3 is 18.3 Å². The molecule has 12 heteroatoms. The molecule has 1 aromatic carbocycles. The SMILES string of the molecule is COC(=O)c1c(N)c(C#N)cn1-c1ccc(C(O)(C(F)(F)F)C(F)(F)F)cc1. The van der Waals surface area contributed by atoms with Crippen LogP contribution in [-0.2, 0) is 10.3 Å². The molecule has 3 N–H and O–H groups in total. The molecule has 0 fully saturated rings. The van der Waals surface area contributed by atoms with Gasteiger partial charge in [-0.2, -0.15) is 31.6 Å². The molecule has 0 unspecified atom stereocenters. The molecule has 6 nitrogen and oxygen atoms in total. The number of hydrogen-bond acceptors (Lipinski definition) is 5. The van der Waals surface area contributed by atoms with Crippen molar-refractivity contribution in [2.45, 2.75) is 18.0 Å². The van der Waals surface area contributed by atoms with E-state index in [0.29, 0.717) is 12.1 Å². The topological polar surface area (TPSA) is 101 Å². The van der Waals surface area contributed by atoms with Gasteiger partial charge in [0.25, 0.3) is 5.60 Å². The first-order valence-corrected chi connectivity index (χ1v) is 7.25. The fourth-order valence-corrected chi connectivity index (χ4v) is 2.47. The summed E-state index contributed by atoms with van der Waals surface area (Å²) in [7, 11) is 1.01. The van der Waals surface area contributed by atoms with Crippen LogP contribution in [0.15, 0.2) is 30.5 Å². The van der Waals surface area contributed by atoms with E-state index in [1.54, 1.807) is 6.07 Å². The summed E-state index contributed by atoms with van der Waals surface area (Å²) in [5.74, 6) is -0.981. The third-order valence-corrected chi connectivity index (χ3v) is 3.93. The van der Waals surface area contributed by atoms with Gasteiger partial charge in [-0.05, 0) is 12.1 Å². The number of aromatic nitrogens is 1. The van der Waals surface area contributed by atoms with Crippen LogP contribution in [0.5, 0.6) is 0 Å². The zero-order chi connectivity index (χ0) is 21.5. The van der Waals surface area contributed by atoms with E-state index in [0.717, 1.165) is 30.0 Å². The number of hydrogen-bond donors (Lipinski definition) is 2. The number of esters is 1. The smallest absolute Gasteiger partial charge is 0.430 e. The van der Waals surface area contributed by atoms with Crippen molar-refractivity contribution in [3.63, 3.8) is 0 Å². The van der Waals surface area contributed by atoms with Crippen LogP contribution in [-0.4, -0.2) is 35.1 Å². The summed E-state index contributed by atoms with van der Waals surface area (Å²) >= 11 is 0.